The van der Waals surface area contributed by atoms with Crippen molar-refractivity contribution < 1.29 is 14.3 Å². The minimum atomic E-state index is -0.0651. The maximum absolute atomic E-state index is 13.0. The third-order valence-corrected chi connectivity index (χ3v) is 5.67. The van der Waals surface area contributed by atoms with Crippen LogP contribution in [0.4, 0.5) is 17.5 Å². The fourth-order valence-electron chi connectivity index (χ4n) is 3.86. The van der Waals surface area contributed by atoms with Gasteiger partial charge in [-0.3, -0.25) is 4.79 Å². The van der Waals surface area contributed by atoms with Crippen LogP contribution in [0.3, 0.4) is 0 Å². The van der Waals surface area contributed by atoms with Gasteiger partial charge in [0.15, 0.2) is 0 Å². The van der Waals surface area contributed by atoms with Crippen molar-refractivity contribution in [3.8, 4) is 11.6 Å². The summed E-state index contributed by atoms with van der Waals surface area (Å²) in [7, 11) is 0. The van der Waals surface area contributed by atoms with Crippen molar-refractivity contribution in [2.45, 2.75) is 26.4 Å². The lowest BCUT2D eigenvalue weighted by atomic mass is 10.2. The molecule has 1 saturated heterocycles. The molecule has 5 rings (SSSR count). The van der Waals surface area contributed by atoms with Gasteiger partial charge in [-0.1, -0.05) is 18.2 Å². The summed E-state index contributed by atoms with van der Waals surface area (Å²) in [5, 5.41) is 3.35. The van der Waals surface area contributed by atoms with E-state index in [4.69, 9.17) is 14.5 Å². The van der Waals surface area contributed by atoms with E-state index in [0.29, 0.717) is 56.2 Å². The van der Waals surface area contributed by atoms with E-state index in [-0.39, 0.29) is 11.9 Å². The molecule has 1 N–H and O–H groups in total. The highest BCUT2D eigenvalue weighted by atomic mass is 16.5. The largest absolute Gasteiger partial charge is 0.439 e. The summed E-state index contributed by atoms with van der Waals surface area (Å²) < 4.78 is 11.2. The highest BCUT2D eigenvalue weighted by molar-refractivity contribution is 5.98. The molecule has 0 saturated carbocycles. The molecule has 4 heterocycles. The molecule has 3 aromatic rings. The van der Waals surface area contributed by atoms with Crippen LogP contribution in [-0.2, 0) is 11.3 Å². The fraction of sp³-hybridized carbons (Fsp3) is 0.333. The lowest BCUT2D eigenvalue weighted by Crippen LogP contribution is -2.37. The van der Waals surface area contributed by atoms with Gasteiger partial charge in [-0.25, -0.2) is 9.97 Å². The summed E-state index contributed by atoms with van der Waals surface area (Å²) in [6, 6.07) is 13.3. The lowest BCUT2D eigenvalue weighted by molar-refractivity contribution is 0.0726. The number of hydrogen-bond donors (Lipinski definition) is 1. The van der Waals surface area contributed by atoms with Crippen molar-refractivity contribution in [3.63, 3.8) is 0 Å². The van der Waals surface area contributed by atoms with Crippen molar-refractivity contribution in [1.29, 1.82) is 0 Å². The fourth-order valence-corrected chi connectivity index (χ4v) is 3.86. The van der Waals surface area contributed by atoms with Crippen molar-refractivity contribution in [2.24, 2.45) is 0 Å². The molecule has 0 atom stereocenters. The molecular formula is C24H26N6O3. The molecule has 1 fully saturated rings. The second-order valence-corrected chi connectivity index (χ2v) is 8.25. The number of nitrogens with zero attached hydrogens (tertiary/aromatic N) is 5. The zero-order valence-electron chi connectivity index (χ0n) is 18.7. The molecule has 0 spiro atoms. The molecule has 0 radical (unpaired) electrons. The number of anilines is 3. The Morgan fingerprint density at radius 3 is 2.55 bits per heavy atom. The van der Waals surface area contributed by atoms with Gasteiger partial charge >= 0.3 is 0 Å². The first-order valence-electron chi connectivity index (χ1n) is 11.1. The normalized spacial score (nSPS) is 15.7. The van der Waals surface area contributed by atoms with Crippen LogP contribution >= 0.6 is 0 Å². The van der Waals surface area contributed by atoms with Crippen LogP contribution in [0.2, 0.25) is 0 Å². The van der Waals surface area contributed by atoms with Crippen LogP contribution in [0, 0.1) is 0 Å². The quantitative estimate of drug-likeness (QED) is 0.614. The number of rotatable bonds is 6. The summed E-state index contributed by atoms with van der Waals surface area (Å²) in [6.07, 6.45) is 1.69. The SMILES string of the molecule is CC(C)N1Cc2c(Nc3ccc(Oc4ccccc4)nc3)nc(N3CCOCC3)nc2C1=O. The van der Waals surface area contributed by atoms with Crippen LogP contribution in [0.1, 0.15) is 29.9 Å². The number of fused-ring (bicyclic) bond motifs is 1. The van der Waals surface area contributed by atoms with Crippen molar-refractivity contribution in [2.75, 3.05) is 36.5 Å². The molecular weight excluding hydrogens is 420 g/mol. The third kappa shape index (κ3) is 4.45. The first kappa shape index (κ1) is 21.1. The monoisotopic (exact) mass is 446 g/mol. The molecule has 1 amide bonds. The molecule has 2 aliphatic heterocycles. The Morgan fingerprint density at radius 1 is 1.06 bits per heavy atom. The van der Waals surface area contributed by atoms with E-state index in [1.54, 1.807) is 12.3 Å². The maximum atomic E-state index is 13.0. The van der Waals surface area contributed by atoms with E-state index in [1.807, 2.05) is 55.1 Å². The molecule has 2 aliphatic rings. The minimum absolute atomic E-state index is 0.0651. The Balaban J connectivity index is 1.43. The van der Waals surface area contributed by atoms with Crippen molar-refractivity contribution >= 4 is 23.4 Å². The van der Waals surface area contributed by atoms with Gasteiger partial charge in [0.25, 0.3) is 5.91 Å². The predicted molar refractivity (Wildman–Crippen MR) is 124 cm³/mol. The number of morpholine rings is 1. The highest BCUT2D eigenvalue weighted by Gasteiger charge is 2.35. The molecule has 170 valence electrons. The summed E-state index contributed by atoms with van der Waals surface area (Å²) in [6.45, 7) is 7.08. The van der Waals surface area contributed by atoms with Crippen LogP contribution in [0.25, 0.3) is 0 Å². The topological polar surface area (TPSA) is 92.7 Å². The molecule has 0 unspecified atom stereocenters. The second kappa shape index (κ2) is 9.03. The highest BCUT2D eigenvalue weighted by Crippen LogP contribution is 2.32. The molecule has 1 aromatic carbocycles. The average molecular weight is 447 g/mol. The molecule has 2 aromatic heterocycles. The molecule has 9 nitrogen and oxygen atoms in total. The van der Waals surface area contributed by atoms with E-state index in [9.17, 15) is 4.79 Å². The van der Waals surface area contributed by atoms with Gasteiger partial charge in [-0.05, 0) is 32.0 Å². The summed E-state index contributed by atoms with van der Waals surface area (Å²) in [5.41, 5.74) is 2.01. The molecule has 9 heteroatoms. The van der Waals surface area contributed by atoms with Crippen LogP contribution in [0.15, 0.2) is 48.7 Å². The van der Waals surface area contributed by atoms with Crippen molar-refractivity contribution in [1.82, 2.24) is 19.9 Å². The van der Waals surface area contributed by atoms with E-state index in [2.05, 4.69) is 20.2 Å². The smallest absolute Gasteiger partial charge is 0.273 e. The number of para-hydroxylation sites is 1. The number of carbonyl (C=O) groups excluding carboxylic acids is 1. The van der Waals surface area contributed by atoms with Gasteiger partial charge in [-0.2, -0.15) is 4.98 Å². The van der Waals surface area contributed by atoms with E-state index in [1.165, 1.54) is 0 Å². The number of hydrogen-bond acceptors (Lipinski definition) is 8. The van der Waals surface area contributed by atoms with Gasteiger partial charge in [-0.15, -0.1) is 0 Å². The van der Waals surface area contributed by atoms with Gasteiger partial charge in [0.2, 0.25) is 11.8 Å². The maximum Gasteiger partial charge on any atom is 0.273 e. The van der Waals surface area contributed by atoms with Crippen LogP contribution in [-0.4, -0.2) is 58.1 Å². The number of benzene rings is 1. The van der Waals surface area contributed by atoms with Crippen LogP contribution in [0.5, 0.6) is 11.6 Å². The van der Waals surface area contributed by atoms with Gasteiger partial charge in [0.1, 0.15) is 17.3 Å². The Labute approximate surface area is 192 Å². The predicted octanol–water partition coefficient (Wildman–Crippen LogP) is 3.61. The number of ether oxygens (including phenoxy) is 2. The summed E-state index contributed by atoms with van der Waals surface area (Å²) in [4.78, 5) is 30.7. The second-order valence-electron chi connectivity index (χ2n) is 8.25. The number of carbonyl (C=O) groups is 1. The Morgan fingerprint density at radius 2 is 1.85 bits per heavy atom. The lowest BCUT2D eigenvalue weighted by Gasteiger charge is -2.27. The average Bonchev–Trinajstić information content (AvgIpc) is 3.19. The number of nitrogens with one attached hydrogen (secondary N) is 1. The van der Waals surface area contributed by atoms with E-state index < -0.39 is 0 Å². The number of aromatic nitrogens is 3. The summed E-state index contributed by atoms with van der Waals surface area (Å²) >= 11 is 0. The van der Waals surface area contributed by atoms with E-state index >= 15 is 0 Å². The zero-order chi connectivity index (χ0) is 22.8. The van der Waals surface area contributed by atoms with Gasteiger partial charge < -0.3 is 24.6 Å². The first-order chi connectivity index (χ1) is 16.1. The standard InChI is InChI=1S/C24H26N6O3/c1-16(2)30-15-19-21(23(30)31)27-24(29-10-12-32-13-11-29)28-22(19)26-17-8-9-20(25-14-17)33-18-6-4-3-5-7-18/h3-9,14,16H,10-13,15H2,1-2H3,(H,26,27,28). The van der Waals surface area contributed by atoms with Gasteiger partial charge in [0, 0.05) is 30.8 Å². The Kier molecular flexibility index (Phi) is 5.78. The van der Waals surface area contributed by atoms with Crippen molar-refractivity contribution in [3.05, 3.63) is 59.9 Å². The Hall–Kier alpha value is -3.72. The number of pyridine rings is 1. The molecule has 0 aliphatic carbocycles. The van der Waals surface area contributed by atoms with E-state index in [0.717, 1.165) is 17.0 Å². The van der Waals surface area contributed by atoms with Crippen LogP contribution < -0.4 is 15.0 Å². The Bertz CT molecular complexity index is 1130. The minimum Gasteiger partial charge on any atom is -0.439 e. The zero-order valence-corrected chi connectivity index (χ0v) is 18.7. The molecule has 33 heavy (non-hydrogen) atoms. The summed E-state index contributed by atoms with van der Waals surface area (Å²) in [5.74, 6) is 2.31. The molecule has 0 bridgehead atoms. The first-order valence-corrected chi connectivity index (χ1v) is 11.1. The third-order valence-electron chi connectivity index (χ3n) is 5.67. The number of amides is 1. The van der Waals surface area contributed by atoms with Gasteiger partial charge in [0.05, 0.1) is 31.6 Å².